The number of fused-ring (bicyclic) bond motifs is 1. The minimum Gasteiger partial charge on any atom is -0.492 e. The van der Waals surface area contributed by atoms with Gasteiger partial charge in [0.05, 0.1) is 19.6 Å². The number of hydrogen-bond donors (Lipinski definition) is 1. The zero-order valence-corrected chi connectivity index (χ0v) is 17.9. The van der Waals surface area contributed by atoms with Gasteiger partial charge in [-0.15, -0.1) is 24.0 Å². The van der Waals surface area contributed by atoms with Gasteiger partial charge in [0, 0.05) is 26.2 Å². The Bertz CT molecular complexity index is 662. The van der Waals surface area contributed by atoms with Crippen LogP contribution in [0.3, 0.4) is 0 Å². The molecule has 150 valence electrons. The molecule has 8 nitrogen and oxygen atoms in total. The SMILES string of the molecule is CN=C(NCCOc1ccc2c(c1)OCO2)N1CCC(C(=O)OC)CC1.I. The normalized spacial score (nSPS) is 16.5. The van der Waals surface area contributed by atoms with E-state index < -0.39 is 0 Å². The molecule has 0 aromatic heterocycles. The standard InChI is InChI=1S/C18H25N3O5.HI/c1-19-18(21-8-5-13(6-9-21)17(22)23-2)20-7-10-24-14-3-4-15-16(11-14)26-12-25-15;/h3-4,11,13H,5-10,12H2,1-2H3,(H,19,20);1H. The summed E-state index contributed by atoms with van der Waals surface area (Å²) in [5.41, 5.74) is 0. The molecule has 27 heavy (non-hydrogen) atoms. The van der Waals surface area contributed by atoms with Crippen molar-refractivity contribution in [3.8, 4) is 17.2 Å². The Morgan fingerprint density at radius 3 is 2.74 bits per heavy atom. The summed E-state index contributed by atoms with van der Waals surface area (Å²) in [7, 11) is 3.20. The summed E-state index contributed by atoms with van der Waals surface area (Å²) in [6, 6.07) is 5.53. The molecule has 1 saturated heterocycles. The molecular formula is C18H26IN3O5. The number of halogens is 1. The minimum absolute atomic E-state index is 0. The van der Waals surface area contributed by atoms with Gasteiger partial charge in [-0.25, -0.2) is 0 Å². The summed E-state index contributed by atoms with van der Waals surface area (Å²) in [5.74, 6) is 2.88. The average molecular weight is 491 g/mol. The average Bonchev–Trinajstić information content (AvgIpc) is 3.15. The summed E-state index contributed by atoms with van der Waals surface area (Å²) in [4.78, 5) is 18.1. The fourth-order valence-corrected chi connectivity index (χ4v) is 3.12. The highest BCUT2D eigenvalue weighted by molar-refractivity contribution is 14.0. The van der Waals surface area contributed by atoms with Crippen LogP contribution in [0.25, 0.3) is 0 Å². The lowest BCUT2D eigenvalue weighted by Gasteiger charge is -2.33. The van der Waals surface area contributed by atoms with Crippen LogP contribution >= 0.6 is 24.0 Å². The topological polar surface area (TPSA) is 81.6 Å². The number of hydrogen-bond acceptors (Lipinski definition) is 6. The van der Waals surface area contributed by atoms with Gasteiger partial charge >= 0.3 is 5.97 Å². The number of aliphatic imine (C=N–C) groups is 1. The first kappa shape index (κ1) is 21.4. The third-order valence-corrected chi connectivity index (χ3v) is 4.54. The molecule has 1 aromatic carbocycles. The van der Waals surface area contributed by atoms with E-state index in [0.717, 1.165) is 43.4 Å². The Labute approximate surface area is 176 Å². The molecular weight excluding hydrogens is 465 g/mol. The van der Waals surface area contributed by atoms with Crippen LogP contribution in [0, 0.1) is 5.92 Å². The van der Waals surface area contributed by atoms with Gasteiger partial charge in [0.25, 0.3) is 0 Å². The summed E-state index contributed by atoms with van der Waals surface area (Å²) >= 11 is 0. The van der Waals surface area contributed by atoms with Crippen molar-refractivity contribution in [2.45, 2.75) is 12.8 Å². The van der Waals surface area contributed by atoms with Gasteiger partial charge in [-0.2, -0.15) is 0 Å². The molecule has 0 saturated carbocycles. The third kappa shape index (κ3) is 5.53. The molecule has 1 fully saturated rings. The number of methoxy groups -OCH3 is 1. The van der Waals surface area contributed by atoms with E-state index >= 15 is 0 Å². The van der Waals surface area contributed by atoms with Crippen LogP contribution in [0.5, 0.6) is 17.2 Å². The van der Waals surface area contributed by atoms with E-state index in [-0.39, 0.29) is 42.7 Å². The number of esters is 1. The Balaban J connectivity index is 0.00000261. The first-order valence-electron chi connectivity index (χ1n) is 8.77. The maximum absolute atomic E-state index is 11.6. The fraction of sp³-hybridized carbons (Fsp3) is 0.556. The Hall–Kier alpha value is -1.91. The van der Waals surface area contributed by atoms with Crippen molar-refractivity contribution in [1.29, 1.82) is 0 Å². The van der Waals surface area contributed by atoms with Gasteiger partial charge in [-0.05, 0) is 25.0 Å². The second kappa shape index (κ2) is 10.4. The molecule has 2 heterocycles. The molecule has 9 heteroatoms. The monoisotopic (exact) mass is 491 g/mol. The smallest absolute Gasteiger partial charge is 0.308 e. The third-order valence-electron chi connectivity index (χ3n) is 4.54. The molecule has 0 bridgehead atoms. The van der Waals surface area contributed by atoms with Gasteiger partial charge < -0.3 is 29.2 Å². The molecule has 0 unspecified atom stereocenters. The number of ether oxygens (including phenoxy) is 4. The van der Waals surface area contributed by atoms with Crippen LogP contribution in [0.4, 0.5) is 0 Å². The van der Waals surface area contributed by atoms with Crippen LogP contribution in [0.2, 0.25) is 0 Å². The molecule has 1 aromatic rings. The van der Waals surface area contributed by atoms with Gasteiger partial charge in [-0.1, -0.05) is 0 Å². The summed E-state index contributed by atoms with van der Waals surface area (Å²) < 4.78 is 21.2. The molecule has 0 radical (unpaired) electrons. The van der Waals surface area contributed by atoms with E-state index in [1.807, 2.05) is 18.2 Å². The molecule has 0 spiro atoms. The molecule has 2 aliphatic rings. The molecule has 1 N–H and O–H groups in total. The van der Waals surface area contributed by atoms with E-state index in [9.17, 15) is 4.79 Å². The Morgan fingerprint density at radius 2 is 2.04 bits per heavy atom. The maximum atomic E-state index is 11.6. The lowest BCUT2D eigenvalue weighted by Crippen LogP contribution is -2.47. The number of benzene rings is 1. The highest BCUT2D eigenvalue weighted by Gasteiger charge is 2.26. The van der Waals surface area contributed by atoms with Crippen molar-refractivity contribution in [3.63, 3.8) is 0 Å². The van der Waals surface area contributed by atoms with Crippen molar-refractivity contribution in [3.05, 3.63) is 18.2 Å². The zero-order valence-electron chi connectivity index (χ0n) is 15.6. The van der Waals surface area contributed by atoms with Crippen molar-refractivity contribution >= 4 is 35.9 Å². The van der Waals surface area contributed by atoms with E-state index in [0.29, 0.717) is 18.9 Å². The Kier molecular flexibility index (Phi) is 8.26. The van der Waals surface area contributed by atoms with Crippen LogP contribution in [-0.4, -0.2) is 64.0 Å². The number of nitrogens with one attached hydrogen (secondary N) is 1. The van der Waals surface area contributed by atoms with Gasteiger partial charge in [0.2, 0.25) is 6.79 Å². The van der Waals surface area contributed by atoms with Crippen LogP contribution < -0.4 is 19.5 Å². The number of nitrogens with zero attached hydrogens (tertiary/aromatic N) is 2. The quantitative estimate of drug-likeness (QED) is 0.222. The van der Waals surface area contributed by atoms with Crippen molar-refractivity contribution < 1.29 is 23.7 Å². The number of rotatable bonds is 5. The predicted molar refractivity (Wildman–Crippen MR) is 111 cm³/mol. The molecule has 0 atom stereocenters. The van der Waals surface area contributed by atoms with Gasteiger partial charge in [-0.3, -0.25) is 9.79 Å². The van der Waals surface area contributed by atoms with Crippen molar-refractivity contribution in [2.24, 2.45) is 10.9 Å². The van der Waals surface area contributed by atoms with E-state index in [2.05, 4.69) is 15.2 Å². The Morgan fingerprint density at radius 1 is 1.30 bits per heavy atom. The van der Waals surface area contributed by atoms with E-state index in [1.165, 1.54) is 7.11 Å². The number of likely N-dealkylation sites (tertiary alicyclic amines) is 1. The van der Waals surface area contributed by atoms with Gasteiger partial charge in [0.15, 0.2) is 17.5 Å². The van der Waals surface area contributed by atoms with Crippen molar-refractivity contribution in [2.75, 3.05) is 47.2 Å². The van der Waals surface area contributed by atoms with Crippen molar-refractivity contribution in [1.82, 2.24) is 10.2 Å². The van der Waals surface area contributed by atoms with E-state index in [4.69, 9.17) is 18.9 Å². The first-order chi connectivity index (χ1) is 12.7. The maximum Gasteiger partial charge on any atom is 0.308 e. The number of guanidine groups is 1. The lowest BCUT2D eigenvalue weighted by atomic mass is 9.97. The second-order valence-electron chi connectivity index (χ2n) is 6.12. The molecule has 0 aliphatic carbocycles. The fourth-order valence-electron chi connectivity index (χ4n) is 3.12. The minimum atomic E-state index is -0.121. The largest absolute Gasteiger partial charge is 0.492 e. The number of carbonyl (C=O) groups is 1. The zero-order chi connectivity index (χ0) is 18.4. The van der Waals surface area contributed by atoms with Crippen LogP contribution in [0.1, 0.15) is 12.8 Å². The summed E-state index contributed by atoms with van der Waals surface area (Å²) in [5, 5.41) is 3.30. The number of carbonyl (C=O) groups excluding carboxylic acids is 1. The first-order valence-corrected chi connectivity index (χ1v) is 8.77. The summed E-state index contributed by atoms with van der Waals surface area (Å²) in [6.07, 6.45) is 1.56. The van der Waals surface area contributed by atoms with E-state index in [1.54, 1.807) is 7.05 Å². The second-order valence-corrected chi connectivity index (χ2v) is 6.12. The van der Waals surface area contributed by atoms with Gasteiger partial charge in [0.1, 0.15) is 12.4 Å². The highest BCUT2D eigenvalue weighted by Crippen LogP contribution is 2.34. The molecule has 3 rings (SSSR count). The summed E-state index contributed by atoms with van der Waals surface area (Å²) in [6.45, 7) is 2.93. The predicted octanol–water partition coefficient (Wildman–Crippen LogP) is 1.87. The lowest BCUT2D eigenvalue weighted by molar-refractivity contribution is -0.146. The van der Waals surface area contributed by atoms with Crippen LogP contribution in [0.15, 0.2) is 23.2 Å². The highest BCUT2D eigenvalue weighted by atomic mass is 127. The molecule has 0 amide bonds. The number of piperidine rings is 1. The van der Waals surface area contributed by atoms with Crippen LogP contribution in [-0.2, 0) is 9.53 Å². The molecule has 2 aliphatic heterocycles.